The molecule has 0 saturated heterocycles. The first kappa shape index (κ1) is 19.5. The second-order valence-corrected chi connectivity index (χ2v) is 5.91. The van der Waals surface area contributed by atoms with Gasteiger partial charge < -0.3 is 0 Å². The Labute approximate surface area is 134 Å². The number of ketones is 1. The van der Waals surface area contributed by atoms with Crippen LogP contribution in [0, 0.1) is 63.7 Å². The van der Waals surface area contributed by atoms with Crippen LogP contribution < -0.4 is 0 Å². The van der Waals surface area contributed by atoms with Gasteiger partial charge in [-0.05, 0) is 63.0 Å². The normalized spacial score (nSPS) is 18.9. The standard InChI is InChI=1S/C11H15OS.C5H5.Fe/c1-9(2)13-8-7-11(12)10-5-3-4-6-10;1-2-4-5-3-1;/h3-6,9H,7-8H2,1-2H3;1-5H;/q;;+2. The van der Waals surface area contributed by atoms with Gasteiger partial charge in [0.2, 0.25) is 0 Å². The minimum absolute atomic E-state index is 0. The van der Waals surface area contributed by atoms with E-state index in [0.717, 1.165) is 11.7 Å². The Bertz CT molecular complexity index is 213. The SMILES string of the molecule is CC(C)SCCC(=O)[C]1[CH][CH][CH][CH]1.[CH]1[CH][CH][CH][CH]1.[Fe+2]. The van der Waals surface area contributed by atoms with Crippen molar-refractivity contribution in [2.75, 3.05) is 5.75 Å². The van der Waals surface area contributed by atoms with Crippen molar-refractivity contribution in [2.45, 2.75) is 25.5 Å². The molecule has 0 amide bonds. The summed E-state index contributed by atoms with van der Waals surface area (Å²) >= 11 is 1.84. The van der Waals surface area contributed by atoms with Gasteiger partial charge in [0.25, 0.3) is 0 Å². The van der Waals surface area contributed by atoms with Crippen molar-refractivity contribution < 1.29 is 21.9 Å². The number of carbonyl (C=O) groups is 1. The molecule has 3 heteroatoms. The van der Waals surface area contributed by atoms with Crippen LogP contribution in [0.1, 0.15) is 20.3 Å². The number of rotatable bonds is 5. The van der Waals surface area contributed by atoms with Gasteiger partial charge in [-0.15, -0.1) is 0 Å². The summed E-state index contributed by atoms with van der Waals surface area (Å²) in [5.74, 6) is 2.05. The molecule has 0 heterocycles. The summed E-state index contributed by atoms with van der Waals surface area (Å²) in [6.45, 7) is 4.30. The van der Waals surface area contributed by atoms with Gasteiger partial charge >= 0.3 is 17.1 Å². The van der Waals surface area contributed by atoms with Crippen LogP contribution in [0.25, 0.3) is 0 Å². The Kier molecular flexibility index (Phi) is 12.6. The Morgan fingerprint density at radius 1 is 1.00 bits per heavy atom. The van der Waals surface area contributed by atoms with Crippen LogP contribution in [0.2, 0.25) is 0 Å². The molecule has 2 rings (SSSR count). The molecule has 0 aromatic rings. The zero-order valence-electron chi connectivity index (χ0n) is 11.4. The maximum atomic E-state index is 11.5. The van der Waals surface area contributed by atoms with E-state index in [2.05, 4.69) is 13.8 Å². The maximum absolute atomic E-state index is 11.5. The van der Waals surface area contributed by atoms with Crippen LogP contribution in [-0.4, -0.2) is 16.8 Å². The van der Waals surface area contributed by atoms with E-state index in [1.165, 1.54) is 0 Å². The Hall–Kier alpha value is 0.539. The van der Waals surface area contributed by atoms with E-state index >= 15 is 0 Å². The predicted molar refractivity (Wildman–Crippen MR) is 79.2 cm³/mol. The Morgan fingerprint density at radius 3 is 1.89 bits per heavy atom. The summed E-state index contributed by atoms with van der Waals surface area (Å²) in [4.78, 5) is 11.5. The molecule has 0 bridgehead atoms. The van der Waals surface area contributed by atoms with E-state index in [0.29, 0.717) is 11.7 Å². The van der Waals surface area contributed by atoms with Crippen LogP contribution in [0.3, 0.4) is 0 Å². The smallest absolute Gasteiger partial charge is 0.299 e. The molecule has 0 atom stereocenters. The van der Waals surface area contributed by atoms with Gasteiger partial charge in [0.05, 0.1) is 0 Å². The number of carbonyl (C=O) groups excluding carboxylic acids is 1. The second kappa shape index (κ2) is 12.3. The van der Waals surface area contributed by atoms with Crippen LogP contribution in [0.4, 0.5) is 0 Å². The van der Waals surface area contributed by atoms with E-state index in [9.17, 15) is 4.79 Å². The molecule has 2 aliphatic rings. The molecule has 19 heavy (non-hydrogen) atoms. The molecule has 2 saturated carbocycles. The van der Waals surface area contributed by atoms with Crippen molar-refractivity contribution in [3.05, 3.63) is 63.7 Å². The van der Waals surface area contributed by atoms with Crippen molar-refractivity contribution in [2.24, 2.45) is 0 Å². The molecule has 0 spiro atoms. The fourth-order valence-corrected chi connectivity index (χ4v) is 2.19. The van der Waals surface area contributed by atoms with Crippen LogP contribution in [-0.2, 0) is 21.9 Å². The van der Waals surface area contributed by atoms with Crippen molar-refractivity contribution in [1.82, 2.24) is 0 Å². The van der Waals surface area contributed by atoms with Crippen molar-refractivity contribution in [3.63, 3.8) is 0 Å². The minimum Gasteiger partial charge on any atom is -0.299 e. The molecule has 2 fully saturated rings. The van der Waals surface area contributed by atoms with E-state index < -0.39 is 0 Å². The van der Waals surface area contributed by atoms with Gasteiger partial charge in [0, 0.05) is 18.1 Å². The van der Waals surface area contributed by atoms with Crippen molar-refractivity contribution in [3.8, 4) is 0 Å². The molecule has 1 nitrogen and oxygen atoms in total. The summed E-state index contributed by atoms with van der Waals surface area (Å²) in [6, 6.07) is 0. The molecule has 102 valence electrons. The number of thioether (sulfide) groups is 1. The van der Waals surface area contributed by atoms with Crippen molar-refractivity contribution >= 4 is 17.5 Å². The molecule has 0 aromatic heterocycles. The summed E-state index contributed by atoms with van der Waals surface area (Å²) < 4.78 is 0. The first-order valence-electron chi connectivity index (χ1n) is 6.23. The zero-order valence-corrected chi connectivity index (χ0v) is 13.3. The molecule has 2 aliphatic carbocycles. The van der Waals surface area contributed by atoms with E-state index in [1.807, 2.05) is 69.5 Å². The Morgan fingerprint density at radius 2 is 1.47 bits per heavy atom. The second-order valence-electron chi connectivity index (χ2n) is 4.23. The number of hydrogen-bond donors (Lipinski definition) is 0. The molecule has 0 aromatic carbocycles. The molecule has 10 radical (unpaired) electrons. The fourth-order valence-electron chi connectivity index (χ4n) is 1.41. The van der Waals surface area contributed by atoms with Crippen LogP contribution in [0.5, 0.6) is 0 Å². The van der Waals surface area contributed by atoms with Crippen molar-refractivity contribution in [1.29, 1.82) is 0 Å². The predicted octanol–water partition coefficient (Wildman–Crippen LogP) is 3.51. The van der Waals surface area contributed by atoms with Gasteiger partial charge in [-0.25, -0.2) is 0 Å². The summed E-state index contributed by atoms with van der Waals surface area (Å²) in [6.07, 6.45) is 18.2. The molecule has 0 aliphatic heterocycles. The number of hydrogen-bond acceptors (Lipinski definition) is 2. The zero-order chi connectivity index (χ0) is 13.2. The van der Waals surface area contributed by atoms with E-state index in [4.69, 9.17) is 0 Å². The summed E-state index contributed by atoms with van der Waals surface area (Å²) in [7, 11) is 0. The molecular weight excluding hydrogens is 296 g/mol. The van der Waals surface area contributed by atoms with E-state index in [1.54, 1.807) is 0 Å². The first-order chi connectivity index (χ1) is 8.70. The van der Waals surface area contributed by atoms with Gasteiger partial charge in [-0.1, -0.05) is 13.8 Å². The molecular formula is C16H20FeOS+2. The van der Waals surface area contributed by atoms with Gasteiger partial charge in [0.1, 0.15) is 5.78 Å². The Balaban J connectivity index is 0.000000454. The monoisotopic (exact) mass is 316 g/mol. The first-order valence-corrected chi connectivity index (χ1v) is 7.28. The van der Waals surface area contributed by atoms with Gasteiger partial charge in [0.15, 0.2) is 0 Å². The number of Topliss-reactive ketones (excluding diaryl/α,β-unsaturated/α-hetero) is 1. The quantitative estimate of drug-likeness (QED) is 0.722. The third-order valence-corrected chi connectivity index (χ3v) is 3.43. The molecule has 0 N–H and O–H groups in total. The topological polar surface area (TPSA) is 17.1 Å². The van der Waals surface area contributed by atoms with Gasteiger partial charge in [-0.2, -0.15) is 11.8 Å². The van der Waals surface area contributed by atoms with Gasteiger partial charge in [-0.3, -0.25) is 4.79 Å². The summed E-state index contributed by atoms with van der Waals surface area (Å²) in [5.41, 5.74) is 0. The molecule has 0 unspecified atom stereocenters. The maximum Gasteiger partial charge on any atom is 2.00 e. The fraction of sp³-hybridized carbons (Fsp3) is 0.312. The third kappa shape index (κ3) is 9.98. The summed E-state index contributed by atoms with van der Waals surface area (Å²) in [5, 5.41) is 0.618. The van der Waals surface area contributed by atoms with Crippen LogP contribution in [0.15, 0.2) is 0 Å². The van der Waals surface area contributed by atoms with E-state index in [-0.39, 0.29) is 22.9 Å². The average molecular weight is 316 g/mol. The van der Waals surface area contributed by atoms with Crippen LogP contribution >= 0.6 is 11.8 Å². The largest absolute Gasteiger partial charge is 2.00 e. The average Bonchev–Trinajstić information content (AvgIpc) is 3.05. The third-order valence-electron chi connectivity index (χ3n) is 2.32. The minimum atomic E-state index is 0.